The maximum absolute atomic E-state index is 9.35. The molecule has 1 fully saturated rings. The van der Waals surface area contributed by atoms with Gasteiger partial charge in [0.1, 0.15) is 6.10 Å². The molecule has 2 heterocycles. The van der Waals surface area contributed by atoms with Gasteiger partial charge in [0.25, 0.3) is 0 Å². The molecule has 4 nitrogen and oxygen atoms in total. The molecule has 2 atom stereocenters. The van der Waals surface area contributed by atoms with Crippen LogP contribution in [0, 0.1) is 0 Å². The fourth-order valence-corrected chi connectivity index (χ4v) is 2.36. The molecule has 1 saturated heterocycles. The molecule has 0 saturated carbocycles. The first-order chi connectivity index (χ1) is 7.70. The fourth-order valence-electron chi connectivity index (χ4n) is 2.36. The molecule has 1 aromatic rings. The van der Waals surface area contributed by atoms with Gasteiger partial charge >= 0.3 is 0 Å². The molecule has 90 valence electrons. The quantitative estimate of drug-likeness (QED) is 0.846. The Hall–Kier alpha value is -0.870. The molecule has 0 amide bonds. The average Bonchev–Trinajstić information content (AvgIpc) is 2.87. The van der Waals surface area contributed by atoms with Crippen molar-refractivity contribution in [3.05, 3.63) is 17.8 Å². The lowest BCUT2D eigenvalue weighted by Gasteiger charge is -2.21. The van der Waals surface area contributed by atoms with Gasteiger partial charge in [-0.25, -0.2) is 4.98 Å². The van der Waals surface area contributed by atoms with Gasteiger partial charge in [-0.1, -0.05) is 6.92 Å². The first-order valence-corrected chi connectivity index (χ1v) is 6.07. The zero-order valence-electron chi connectivity index (χ0n) is 10.0. The Bertz CT molecular complexity index is 336. The largest absolute Gasteiger partial charge is 0.443 e. The Morgan fingerprint density at radius 3 is 3.12 bits per heavy atom. The van der Waals surface area contributed by atoms with Crippen molar-refractivity contribution in [1.29, 1.82) is 0 Å². The minimum atomic E-state index is -0.563. The molecule has 0 spiro atoms. The number of nitrogens with zero attached hydrogens (tertiary/aromatic N) is 2. The maximum atomic E-state index is 9.35. The third-order valence-corrected chi connectivity index (χ3v) is 3.30. The van der Waals surface area contributed by atoms with Gasteiger partial charge in [-0.15, -0.1) is 0 Å². The van der Waals surface area contributed by atoms with Crippen LogP contribution in [0.25, 0.3) is 0 Å². The van der Waals surface area contributed by atoms with E-state index in [4.69, 9.17) is 4.42 Å². The van der Waals surface area contributed by atoms with Crippen LogP contribution in [-0.2, 0) is 6.42 Å². The second-order valence-corrected chi connectivity index (χ2v) is 4.46. The Morgan fingerprint density at radius 1 is 1.69 bits per heavy atom. The standard InChI is InChI=1S/C12H20N2O2/c1-3-14-6-4-5-10(14)7-12-13-8-11(16-12)9(2)15/h8-10,15H,3-7H2,1-2H3. The molecule has 0 aromatic carbocycles. The number of oxazole rings is 1. The molecule has 16 heavy (non-hydrogen) atoms. The Labute approximate surface area is 96.3 Å². The fraction of sp³-hybridized carbons (Fsp3) is 0.750. The van der Waals surface area contributed by atoms with Gasteiger partial charge in [-0.3, -0.25) is 0 Å². The third-order valence-electron chi connectivity index (χ3n) is 3.30. The van der Waals surface area contributed by atoms with Gasteiger partial charge < -0.3 is 14.4 Å². The summed E-state index contributed by atoms with van der Waals surface area (Å²) in [7, 11) is 0. The van der Waals surface area contributed by atoms with E-state index in [0.717, 1.165) is 18.9 Å². The van der Waals surface area contributed by atoms with Crippen LogP contribution in [0.4, 0.5) is 0 Å². The summed E-state index contributed by atoms with van der Waals surface area (Å²) in [6.45, 7) is 6.16. The van der Waals surface area contributed by atoms with E-state index in [0.29, 0.717) is 11.8 Å². The monoisotopic (exact) mass is 224 g/mol. The topological polar surface area (TPSA) is 49.5 Å². The number of aromatic nitrogens is 1. The van der Waals surface area contributed by atoms with E-state index in [1.165, 1.54) is 19.4 Å². The van der Waals surface area contributed by atoms with E-state index in [9.17, 15) is 5.11 Å². The number of hydrogen-bond donors (Lipinski definition) is 1. The maximum Gasteiger partial charge on any atom is 0.196 e. The van der Waals surface area contributed by atoms with Crippen LogP contribution < -0.4 is 0 Å². The second-order valence-electron chi connectivity index (χ2n) is 4.46. The molecule has 2 unspecified atom stereocenters. The summed E-state index contributed by atoms with van der Waals surface area (Å²) >= 11 is 0. The van der Waals surface area contributed by atoms with Gasteiger partial charge in [-0.2, -0.15) is 0 Å². The number of likely N-dealkylation sites (tertiary alicyclic amines) is 1. The summed E-state index contributed by atoms with van der Waals surface area (Å²) in [5.74, 6) is 1.32. The number of hydrogen-bond acceptors (Lipinski definition) is 4. The molecule has 1 aliphatic rings. The van der Waals surface area contributed by atoms with Crippen molar-refractivity contribution in [2.45, 2.75) is 45.3 Å². The first-order valence-electron chi connectivity index (χ1n) is 6.07. The minimum Gasteiger partial charge on any atom is -0.443 e. The average molecular weight is 224 g/mol. The van der Waals surface area contributed by atoms with E-state index >= 15 is 0 Å². The molecule has 2 rings (SSSR count). The summed E-state index contributed by atoms with van der Waals surface area (Å²) in [5, 5.41) is 9.35. The van der Waals surface area contributed by atoms with Crippen molar-refractivity contribution in [2.24, 2.45) is 0 Å². The molecule has 1 N–H and O–H groups in total. The van der Waals surface area contributed by atoms with Crippen molar-refractivity contribution in [3.8, 4) is 0 Å². The third kappa shape index (κ3) is 2.44. The van der Waals surface area contributed by atoms with Gasteiger partial charge in [0.15, 0.2) is 11.7 Å². The van der Waals surface area contributed by atoms with Crippen molar-refractivity contribution in [3.63, 3.8) is 0 Å². The smallest absolute Gasteiger partial charge is 0.196 e. The highest BCUT2D eigenvalue weighted by molar-refractivity contribution is 4.99. The van der Waals surface area contributed by atoms with Crippen LogP contribution in [-0.4, -0.2) is 34.1 Å². The Morgan fingerprint density at radius 2 is 2.50 bits per heavy atom. The van der Waals surface area contributed by atoms with Crippen molar-refractivity contribution in [1.82, 2.24) is 9.88 Å². The predicted octanol–water partition coefficient (Wildman–Crippen LogP) is 1.75. The summed E-state index contributed by atoms with van der Waals surface area (Å²) in [6, 6.07) is 0.561. The Balaban J connectivity index is 1.97. The molecule has 1 aromatic heterocycles. The molecular weight excluding hydrogens is 204 g/mol. The minimum absolute atomic E-state index is 0.561. The van der Waals surface area contributed by atoms with Gasteiger partial charge in [0.05, 0.1) is 6.20 Å². The lowest BCUT2D eigenvalue weighted by atomic mass is 10.1. The van der Waals surface area contributed by atoms with Gasteiger partial charge in [-0.05, 0) is 32.9 Å². The van der Waals surface area contributed by atoms with Crippen LogP contribution >= 0.6 is 0 Å². The summed E-state index contributed by atoms with van der Waals surface area (Å²) in [6.07, 6.45) is 4.42. The highest BCUT2D eigenvalue weighted by Crippen LogP contribution is 2.21. The van der Waals surface area contributed by atoms with Crippen molar-refractivity contribution >= 4 is 0 Å². The zero-order valence-corrected chi connectivity index (χ0v) is 10.0. The summed E-state index contributed by atoms with van der Waals surface area (Å²) in [4.78, 5) is 6.68. The Kier molecular flexibility index (Phi) is 3.61. The molecule has 0 radical (unpaired) electrons. The lowest BCUT2D eigenvalue weighted by Crippen LogP contribution is -2.30. The zero-order chi connectivity index (χ0) is 11.5. The van der Waals surface area contributed by atoms with E-state index in [2.05, 4.69) is 16.8 Å². The molecule has 1 aliphatic heterocycles. The number of likely N-dealkylation sites (N-methyl/N-ethyl adjacent to an activating group) is 1. The van der Waals surface area contributed by atoms with E-state index in [1.807, 2.05) is 0 Å². The van der Waals surface area contributed by atoms with E-state index in [1.54, 1.807) is 13.1 Å². The predicted molar refractivity (Wildman–Crippen MR) is 61.1 cm³/mol. The van der Waals surface area contributed by atoms with Crippen LogP contribution in [0.5, 0.6) is 0 Å². The summed E-state index contributed by atoms with van der Waals surface area (Å²) < 4.78 is 5.51. The van der Waals surface area contributed by atoms with Crippen molar-refractivity contribution < 1.29 is 9.52 Å². The van der Waals surface area contributed by atoms with E-state index in [-0.39, 0.29) is 0 Å². The molecule has 0 aliphatic carbocycles. The highest BCUT2D eigenvalue weighted by atomic mass is 16.4. The number of rotatable bonds is 4. The SMILES string of the molecule is CCN1CCCC1Cc1ncc(C(C)O)o1. The first kappa shape index (κ1) is 11.6. The molecular formula is C12H20N2O2. The highest BCUT2D eigenvalue weighted by Gasteiger charge is 2.24. The second kappa shape index (κ2) is 4.97. The molecule has 0 bridgehead atoms. The van der Waals surface area contributed by atoms with Crippen LogP contribution in [0.3, 0.4) is 0 Å². The number of aliphatic hydroxyl groups excluding tert-OH is 1. The molecule has 4 heteroatoms. The van der Waals surface area contributed by atoms with Gasteiger partial charge in [0.2, 0.25) is 0 Å². The van der Waals surface area contributed by atoms with Crippen LogP contribution in [0.1, 0.15) is 44.4 Å². The van der Waals surface area contributed by atoms with E-state index < -0.39 is 6.10 Å². The lowest BCUT2D eigenvalue weighted by molar-refractivity contribution is 0.165. The summed E-state index contributed by atoms with van der Waals surface area (Å²) in [5.41, 5.74) is 0. The van der Waals surface area contributed by atoms with Crippen LogP contribution in [0.15, 0.2) is 10.6 Å². The van der Waals surface area contributed by atoms with Gasteiger partial charge in [0, 0.05) is 12.5 Å². The number of aliphatic hydroxyl groups is 1. The van der Waals surface area contributed by atoms with Crippen LogP contribution in [0.2, 0.25) is 0 Å². The van der Waals surface area contributed by atoms with Crippen molar-refractivity contribution in [2.75, 3.05) is 13.1 Å². The normalized spacial score (nSPS) is 23.8.